The number of nitrogens with one attached hydrogen (secondary N) is 2. The number of nitrogens with zero attached hydrogens (tertiary/aromatic N) is 1. The molecule has 0 unspecified atom stereocenters. The Labute approximate surface area is 137 Å². The van der Waals surface area contributed by atoms with Crippen LogP contribution in [0.2, 0.25) is 0 Å². The van der Waals surface area contributed by atoms with Gasteiger partial charge in [-0.3, -0.25) is 30.6 Å². The maximum atomic E-state index is 11.8. The number of carbonyl (C=O) groups is 2. The molecule has 2 amide bonds. The molecule has 0 saturated heterocycles. The van der Waals surface area contributed by atoms with Crippen LogP contribution in [0.5, 0.6) is 5.75 Å². The summed E-state index contributed by atoms with van der Waals surface area (Å²) in [6.45, 7) is 0. The fourth-order valence-electron chi connectivity index (χ4n) is 1.97. The van der Waals surface area contributed by atoms with E-state index in [1.165, 1.54) is 30.3 Å². The Balaban J connectivity index is 1.81. The Hall–Kier alpha value is -3.42. The van der Waals surface area contributed by atoms with E-state index >= 15 is 0 Å². The third-order valence-corrected chi connectivity index (χ3v) is 3.27. The molecule has 3 N–H and O–H groups in total. The number of hydrogen-bond acceptors (Lipinski definition) is 5. The van der Waals surface area contributed by atoms with Crippen molar-refractivity contribution in [2.75, 3.05) is 0 Å². The predicted octanol–water partition coefficient (Wildman–Crippen LogP) is 1.69. The molecule has 0 aliphatic rings. The summed E-state index contributed by atoms with van der Waals surface area (Å²) in [5, 5.41) is 20.1. The molecule has 0 heterocycles. The van der Waals surface area contributed by atoms with Gasteiger partial charge in [0.25, 0.3) is 11.6 Å². The number of aryl methyl sites for hydroxylation is 1. The third kappa shape index (κ3) is 4.54. The topological polar surface area (TPSA) is 122 Å². The van der Waals surface area contributed by atoms with Gasteiger partial charge in [0.15, 0.2) is 0 Å². The maximum Gasteiger partial charge on any atom is 0.269 e. The van der Waals surface area contributed by atoms with E-state index in [0.717, 1.165) is 0 Å². The van der Waals surface area contributed by atoms with Crippen molar-refractivity contribution in [1.29, 1.82) is 0 Å². The number of nitro benzene ring substituents is 1. The normalized spacial score (nSPS) is 10.0. The van der Waals surface area contributed by atoms with Gasteiger partial charge in [-0.15, -0.1) is 0 Å². The standard InChI is InChI=1S/C16H15N3O5/c20-14-4-2-1-3-11(14)7-10-15(21)17-18-16(22)12-5-8-13(9-6-12)19(23)24/h1-6,8-9,20H,7,10H2,(H,17,21)(H,18,22). The minimum absolute atomic E-state index is 0.0815. The number of para-hydroxylation sites is 1. The summed E-state index contributed by atoms with van der Waals surface area (Å²) >= 11 is 0. The number of benzene rings is 2. The maximum absolute atomic E-state index is 11.8. The number of phenols is 1. The number of rotatable bonds is 5. The molecule has 8 heteroatoms. The van der Waals surface area contributed by atoms with Crippen molar-refractivity contribution in [3.63, 3.8) is 0 Å². The summed E-state index contributed by atoms with van der Waals surface area (Å²) in [4.78, 5) is 33.5. The third-order valence-electron chi connectivity index (χ3n) is 3.27. The number of hydrogen-bond donors (Lipinski definition) is 3. The van der Waals surface area contributed by atoms with E-state index < -0.39 is 16.7 Å². The fraction of sp³-hybridized carbons (Fsp3) is 0.125. The van der Waals surface area contributed by atoms with Crippen molar-refractivity contribution in [2.45, 2.75) is 12.8 Å². The number of hydrazine groups is 1. The van der Waals surface area contributed by atoms with Crippen LogP contribution in [-0.2, 0) is 11.2 Å². The molecule has 0 aromatic heterocycles. The van der Waals surface area contributed by atoms with E-state index in [1.54, 1.807) is 18.2 Å². The van der Waals surface area contributed by atoms with Crippen LogP contribution in [-0.4, -0.2) is 21.8 Å². The van der Waals surface area contributed by atoms with Gasteiger partial charge in [-0.05, 0) is 30.2 Å². The Morgan fingerprint density at radius 2 is 1.71 bits per heavy atom. The monoisotopic (exact) mass is 329 g/mol. The SMILES string of the molecule is O=C(CCc1ccccc1O)NNC(=O)c1ccc([N+](=O)[O-])cc1. The van der Waals surface area contributed by atoms with Gasteiger partial charge in [0, 0.05) is 24.1 Å². The zero-order valence-corrected chi connectivity index (χ0v) is 12.6. The highest BCUT2D eigenvalue weighted by molar-refractivity contribution is 5.95. The highest BCUT2D eigenvalue weighted by Crippen LogP contribution is 2.17. The van der Waals surface area contributed by atoms with Crippen LogP contribution in [0.4, 0.5) is 5.69 Å². The summed E-state index contributed by atoms with van der Waals surface area (Å²) < 4.78 is 0. The summed E-state index contributed by atoms with van der Waals surface area (Å²) in [6.07, 6.45) is 0.407. The molecular formula is C16H15N3O5. The molecule has 124 valence electrons. The molecule has 0 radical (unpaired) electrons. The van der Waals surface area contributed by atoms with Gasteiger partial charge in [0.2, 0.25) is 5.91 Å². The zero-order valence-electron chi connectivity index (χ0n) is 12.6. The Kier molecular flexibility index (Phi) is 5.45. The first-order valence-electron chi connectivity index (χ1n) is 7.08. The van der Waals surface area contributed by atoms with Gasteiger partial charge in [-0.25, -0.2) is 0 Å². The molecule has 0 aliphatic carbocycles. The molecule has 0 bridgehead atoms. The molecule has 2 aromatic carbocycles. The Morgan fingerprint density at radius 1 is 1.04 bits per heavy atom. The lowest BCUT2D eigenvalue weighted by Crippen LogP contribution is -2.41. The van der Waals surface area contributed by atoms with Gasteiger partial charge in [-0.2, -0.15) is 0 Å². The van der Waals surface area contributed by atoms with Crippen LogP contribution in [0.3, 0.4) is 0 Å². The summed E-state index contributed by atoms with van der Waals surface area (Å²) in [5.41, 5.74) is 5.17. The quantitative estimate of drug-likeness (QED) is 0.569. The lowest BCUT2D eigenvalue weighted by atomic mass is 10.1. The lowest BCUT2D eigenvalue weighted by molar-refractivity contribution is -0.384. The first kappa shape index (κ1) is 16.9. The molecule has 24 heavy (non-hydrogen) atoms. The first-order valence-corrected chi connectivity index (χ1v) is 7.08. The lowest BCUT2D eigenvalue weighted by Gasteiger charge is -2.08. The van der Waals surface area contributed by atoms with E-state index in [9.17, 15) is 24.8 Å². The van der Waals surface area contributed by atoms with Crippen molar-refractivity contribution in [2.24, 2.45) is 0 Å². The van der Waals surface area contributed by atoms with Crippen LogP contribution in [0, 0.1) is 10.1 Å². The van der Waals surface area contributed by atoms with E-state index in [0.29, 0.717) is 12.0 Å². The van der Waals surface area contributed by atoms with E-state index in [4.69, 9.17) is 0 Å². The van der Waals surface area contributed by atoms with Crippen molar-refractivity contribution in [3.05, 3.63) is 69.8 Å². The smallest absolute Gasteiger partial charge is 0.269 e. The highest BCUT2D eigenvalue weighted by Gasteiger charge is 2.11. The molecule has 0 aliphatic heterocycles. The summed E-state index contributed by atoms with van der Waals surface area (Å²) in [7, 11) is 0. The van der Waals surface area contributed by atoms with E-state index in [-0.39, 0.29) is 23.4 Å². The second kappa shape index (κ2) is 7.73. The molecule has 8 nitrogen and oxygen atoms in total. The van der Waals surface area contributed by atoms with Crippen molar-refractivity contribution in [1.82, 2.24) is 10.9 Å². The van der Waals surface area contributed by atoms with Gasteiger partial charge in [0.1, 0.15) is 5.75 Å². The number of phenolic OH excluding ortho intramolecular Hbond substituents is 1. The van der Waals surface area contributed by atoms with Crippen LogP contribution >= 0.6 is 0 Å². The molecular weight excluding hydrogens is 314 g/mol. The van der Waals surface area contributed by atoms with Crippen molar-refractivity contribution >= 4 is 17.5 Å². The molecule has 0 saturated carbocycles. The number of carbonyl (C=O) groups excluding carboxylic acids is 2. The Morgan fingerprint density at radius 3 is 2.33 bits per heavy atom. The van der Waals surface area contributed by atoms with Crippen molar-refractivity contribution in [3.8, 4) is 5.75 Å². The van der Waals surface area contributed by atoms with Crippen LogP contribution in [0.25, 0.3) is 0 Å². The first-order chi connectivity index (χ1) is 11.5. The summed E-state index contributed by atoms with van der Waals surface area (Å²) in [5.74, 6) is -0.894. The van der Waals surface area contributed by atoms with Crippen LogP contribution < -0.4 is 10.9 Å². The molecule has 0 atom stereocenters. The zero-order chi connectivity index (χ0) is 17.5. The van der Waals surface area contributed by atoms with Gasteiger partial charge in [-0.1, -0.05) is 18.2 Å². The minimum atomic E-state index is -0.583. The number of non-ortho nitro benzene ring substituents is 1. The average molecular weight is 329 g/mol. The Bertz CT molecular complexity index is 759. The van der Waals surface area contributed by atoms with Gasteiger partial charge in [0.05, 0.1) is 4.92 Å². The molecule has 2 aromatic rings. The highest BCUT2D eigenvalue weighted by atomic mass is 16.6. The number of aromatic hydroxyl groups is 1. The largest absolute Gasteiger partial charge is 0.508 e. The predicted molar refractivity (Wildman–Crippen MR) is 85.1 cm³/mol. The second-order valence-corrected chi connectivity index (χ2v) is 4.93. The number of nitro groups is 1. The van der Waals surface area contributed by atoms with Gasteiger partial charge >= 0.3 is 0 Å². The molecule has 2 rings (SSSR count). The molecule has 0 fully saturated rings. The van der Waals surface area contributed by atoms with Crippen LogP contribution in [0.15, 0.2) is 48.5 Å². The van der Waals surface area contributed by atoms with Gasteiger partial charge < -0.3 is 5.11 Å². The fourth-order valence-corrected chi connectivity index (χ4v) is 1.97. The summed E-state index contributed by atoms with van der Waals surface area (Å²) in [6, 6.07) is 11.7. The minimum Gasteiger partial charge on any atom is -0.508 e. The van der Waals surface area contributed by atoms with E-state index in [2.05, 4.69) is 10.9 Å². The average Bonchev–Trinajstić information content (AvgIpc) is 2.59. The number of amides is 2. The molecule has 0 spiro atoms. The van der Waals surface area contributed by atoms with Crippen LogP contribution in [0.1, 0.15) is 22.3 Å². The second-order valence-electron chi connectivity index (χ2n) is 4.93. The van der Waals surface area contributed by atoms with Crippen molar-refractivity contribution < 1.29 is 19.6 Å². The van der Waals surface area contributed by atoms with E-state index in [1.807, 2.05) is 0 Å².